The van der Waals surface area contributed by atoms with Gasteiger partial charge in [-0.15, -0.1) is 0 Å². The molecular formula is C23H24N2O3. The van der Waals surface area contributed by atoms with E-state index in [2.05, 4.69) is 12.2 Å². The lowest BCUT2D eigenvalue weighted by molar-refractivity contribution is 0.0430. The average Bonchev–Trinajstić information content (AvgIpc) is 3.24. The highest BCUT2D eigenvalue weighted by atomic mass is 16.5. The number of benzene rings is 2. The average molecular weight is 376 g/mol. The lowest BCUT2D eigenvalue weighted by atomic mass is 9.89. The molecule has 2 aromatic carbocycles. The largest absolute Gasteiger partial charge is 0.494 e. The Morgan fingerprint density at radius 1 is 1.04 bits per heavy atom. The lowest BCUT2D eigenvalue weighted by Gasteiger charge is -2.48. The Morgan fingerprint density at radius 3 is 2.50 bits per heavy atom. The first kappa shape index (κ1) is 18.2. The molecule has 28 heavy (non-hydrogen) atoms. The summed E-state index contributed by atoms with van der Waals surface area (Å²) in [6.45, 7) is 5.05. The van der Waals surface area contributed by atoms with Gasteiger partial charge in [-0.05, 0) is 55.3 Å². The van der Waals surface area contributed by atoms with Crippen molar-refractivity contribution in [1.29, 1.82) is 0 Å². The van der Waals surface area contributed by atoms with Crippen molar-refractivity contribution in [2.24, 2.45) is 0 Å². The summed E-state index contributed by atoms with van der Waals surface area (Å²) in [5, 5.41) is 3.64. The molecule has 1 amide bonds. The number of carbonyl (C=O) groups excluding carboxylic acids is 1. The second kappa shape index (κ2) is 7.43. The summed E-state index contributed by atoms with van der Waals surface area (Å²) in [7, 11) is 0. The van der Waals surface area contributed by atoms with Gasteiger partial charge in [0, 0.05) is 5.69 Å². The number of furan rings is 1. The number of anilines is 1. The SMILES string of the molecule is CCOc1ccc(C2(CC)Nc3ccccc3C(=O)N2Cc2ccco2)cc1. The third kappa shape index (κ3) is 3.03. The van der Waals surface area contributed by atoms with E-state index in [-0.39, 0.29) is 5.91 Å². The number of fused-ring (bicyclic) bond motifs is 1. The first-order chi connectivity index (χ1) is 13.7. The zero-order chi connectivity index (χ0) is 19.6. The predicted molar refractivity (Wildman–Crippen MR) is 108 cm³/mol. The van der Waals surface area contributed by atoms with Gasteiger partial charge in [-0.1, -0.05) is 31.2 Å². The molecule has 5 nitrogen and oxygen atoms in total. The van der Waals surface area contributed by atoms with E-state index in [9.17, 15) is 4.79 Å². The number of hydrogen-bond donors (Lipinski definition) is 1. The smallest absolute Gasteiger partial charge is 0.258 e. The Morgan fingerprint density at radius 2 is 1.82 bits per heavy atom. The first-order valence-corrected chi connectivity index (χ1v) is 9.63. The second-order valence-corrected chi connectivity index (χ2v) is 6.81. The van der Waals surface area contributed by atoms with E-state index in [1.165, 1.54) is 0 Å². The van der Waals surface area contributed by atoms with E-state index < -0.39 is 5.66 Å². The van der Waals surface area contributed by atoms with Crippen molar-refractivity contribution >= 4 is 11.6 Å². The molecule has 1 aliphatic heterocycles. The van der Waals surface area contributed by atoms with Crippen molar-refractivity contribution in [2.45, 2.75) is 32.5 Å². The van der Waals surface area contributed by atoms with Crippen molar-refractivity contribution in [3.8, 4) is 5.75 Å². The molecule has 1 aliphatic rings. The fourth-order valence-corrected chi connectivity index (χ4v) is 3.86. The molecule has 0 bridgehead atoms. The minimum atomic E-state index is -0.678. The Hall–Kier alpha value is -3.21. The van der Waals surface area contributed by atoms with Crippen LogP contribution >= 0.6 is 0 Å². The van der Waals surface area contributed by atoms with Crippen LogP contribution < -0.4 is 10.1 Å². The summed E-state index contributed by atoms with van der Waals surface area (Å²) in [6.07, 6.45) is 2.33. The predicted octanol–water partition coefficient (Wildman–Crippen LogP) is 5.01. The highest BCUT2D eigenvalue weighted by Gasteiger charge is 2.45. The van der Waals surface area contributed by atoms with Gasteiger partial charge < -0.3 is 19.4 Å². The quantitative estimate of drug-likeness (QED) is 0.657. The number of nitrogens with one attached hydrogen (secondary N) is 1. The zero-order valence-corrected chi connectivity index (χ0v) is 16.1. The highest BCUT2D eigenvalue weighted by molar-refractivity contribution is 6.02. The fourth-order valence-electron chi connectivity index (χ4n) is 3.86. The molecule has 0 aliphatic carbocycles. The van der Waals surface area contributed by atoms with Gasteiger partial charge in [-0.2, -0.15) is 0 Å². The summed E-state index contributed by atoms with van der Waals surface area (Å²) < 4.78 is 11.1. The minimum absolute atomic E-state index is 0.0125. The number of ether oxygens (including phenoxy) is 1. The van der Waals surface area contributed by atoms with Gasteiger partial charge >= 0.3 is 0 Å². The van der Waals surface area contributed by atoms with Gasteiger partial charge in [0.05, 0.1) is 25.0 Å². The molecule has 5 heteroatoms. The van der Waals surface area contributed by atoms with Gasteiger partial charge in [-0.25, -0.2) is 0 Å². The number of amides is 1. The molecule has 2 heterocycles. The molecule has 144 valence electrons. The molecule has 0 saturated heterocycles. The number of rotatable bonds is 6. The van der Waals surface area contributed by atoms with Crippen LogP contribution in [0.1, 0.15) is 41.9 Å². The minimum Gasteiger partial charge on any atom is -0.494 e. The summed E-state index contributed by atoms with van der Waals surface area (Å²) in [4.78, 5) is 15.3. The van der Waals surface area contributed by atoms with Crippen LogP contribution in [0.25, 0.3) is 0 Å². The number of para-hydroxylation sites is 1. The van der Waals surface area contributed by atoms with Crippen molar-refractivity contribution < 1.29 is 13.9 Å². The summed E-state index contributed by atoms with van der Waals surface area (Å²) >= 11 is 0. The van der Waals surface area contributed by atoms with E-state index in [1.807, 2.05) is 72.5 Å². The van der Waals surface area contributed by atoms with Gasteiger partial charge in [0.2, 0.25) is 0 Å². The molecule has 1 N–H and O–H groups in total. The van der Waals surface area contributed by atoms with E-state index in [0.717, 1.165) is 22.8 Å². The topological polar surface area (TPSA) is 54.7 Å². The molecule has 1 atom stereocenters. The van der Waals surface area contributed by atoms with Crippen LogP contribution in [-0.4, -0.2) is 17.4 Å². The molecule has 1 unspecified atom stereocenters. The maximum atomic E-state index is 13.5. The Labute approximate surface area is 164 Å². The third-order valence-corrected chi connectivity index (χ3v) is 5.25. The normalized spacial score (nSPS) is 18.5. The molecule has 0 fully saturated rings. The number of nitrogens with zero attached hydrogens (tertiary/aromatic N) is 1. The molecule has 4 rings (SSSR count). The monoisotopic (exact) mass is 376 g/mol. The van der Waals surface area contributed by atoms with Crippen LogP contribution in [-0.2, 0) is 12.2 Å². The highest BCUT2D eigenvalue weighted by Crippen LogP contribution is 2.41. The molecule has 0 radical (unpaired) electrons. The standard InChI is InChI=1S/C23H24N2O3/c1-3-23(17-11-13-18(14-12-17)27-4-2)24-21-10-6-5-9-20(21)22(26)25(23)16-19-8-7-15-28-19/h5-15,24H,3-4,16H2,1-2H3. The van der Waals surface area contributed by atoms with Crippen LogP contribution in [0.5, 0.6) is 5.75 Å². The molecule has 1 aromatic heterocycles. The summed E-state index contributed by atoms with van der Waals surface area (Å²) in [5.41, 5.74) is 1.85. The fraction of sp³-hybridized carbons (Fsp3) is 0.261. The van der Waals surface area contributed by atoms with Crippen molar-refractivity contribution in [3.63, 3.8) is 0 Å². The van der Waals surface area contributed by atoms with E-state index >= 15 is 0 Å². The van der Waals surface area contributed by atoms with Gasteiger partial charge in [0.15, 0.2) is 0 Å². The first-order valence-electron chi connectivity index (χ1n) is 9.63. The molecule has 3 aromatic rings. The van der Waals surface area contributed by atoms with Gasteiger partial charge in [0.1, 0.15) is 17.2 Å². The Kier molecular flexibility index (Phi) is 4.82. The van der Waals surface area contributed by atoms with E-state index in [0.29, 0.717) is 25.1 Å². The maximum absolute atomic E-state index is 13.5. The van der Waals surface area contributed by atoms with Crippen LogP contribution in [0.3, 0.4) is 0 Å². The zero-order valence-electron chi connectivity index (χ0n) is 16.1. The van der Waals surface area contributed by atoms with Crippen LogP contribution in [0.15, 0.2) is 71.3 Å². The van der Waals surface area contributed by atoms with Crippen molar-refractivity contribution in [2.75, 3.05) is 11.9 Å². The summed E-state index contributed by atoms with van der Waals surface area (Å²) in [5.74, 6) is 1.55. The second-order valence-electron chi connectivity index (χ2n) is 6.81. The maximum Gasteiger partial charge on any atom is 0.258 e. The van der Waals surface area contributed by atoms with E-state index in [1.54, 1.807) is 6.26 Å². The number of carbonyl (C=O) groups is 1. The molecule has 0 spiro atoms. The van der Waals surface area contributed by atoms with Crippen LogP contribution in [0.4, 0.5) is 5.69 Å². The van der Waals surface area contributed by atoms with Crippen LogP contribution in [0.2, 0.25) is 0 Å². The van der Waals surface area contributed by atoms with Crippen molar-refractivity contribution in [3.05, 3.63) is 83.8 Å². The Balaban J connectivity index is 1.82. The number of hydrogen-bond acceptors (Lipinski definition) is 4. The van der Waals surface area contributed by atoms with Crippen LogP contribution in [0, 0.1) is 0 Å². The van der Waals surface area contributed by atoms with Crippen molar-refractivity contribution in [1.82, 2.24) is 4.90 Å². The lowest BCUT2D eigenvalue weighted by Crippen LogP contribution is -2.56. The van der Waals surface area contributed by atoms with Gasteiger partial charge in [0.25, 0.3) is 5.91 Å². The van der Waals surface area contributed by atoms with E-state index in [4.69, 9.17) is 9.15 Å². The summed E-state index contributed by atoms with van der Waals surface area (Å²) in [6, 6.07) is 19.3. The molecular weight excluding hydrogens is 352 g/mol. The van der Waals surface area contributed by atoms with Gasteiger partial charge in [-0.3, -0.25) is 4.79 Å². The third-order valence-electron chi connectivity index (χ3n) is 5.25. The Bertz CT molecular complexity index is 950. The molecule has 0 saturated carbocycles.